The molecule has 0 heterocycles. The van der Waals surface area contributed by atoms with Crippen LogP contribution in [-0.2, 0) is 26.2 Å². The molecule has 190 valence electrons. The fraction of sp³-hybridized carbons (Fsp3) is 0.481. The van der Waals surface area contributed by atoms with E-state index in [2.05, 4.69) is 5.32 Å². The van der Waals surface area contributed by atoms with Crippen molar-refractivity contribution in [2.45, 2.75) is 71.0 Å². The Kier molecular flexibility index (Phi) is 9.32. The van der Waals surface area contributed by atoms with Crippen molar-refractivity contribution in [2.75, 3.05) is 17.1 Å². The van der Waals surface area contributed by atoms with Crippen LogP contribution in [0.5, 0.6) is 0 Å². The van der Waals surface area contributed by atoms with Gasteiger partial charge in [0.1, 0.15) is 12.6 Å². The van der Waals surface area contributed by atoms with Gasteiger partial charge in [-0.05, 0) is 43.9 Å². The highest BCUT2D eigenvalue weighted by Gasteiger charge is 2.32. The Labute approximate surface area is 209 Å². The van der Waals surface area contributed by atoms with E-state index >= 15 is 0 Å². The van der Waals surface area contributed by atoms with E-state index in [4.69, 9.17) is 0 Å². The number of hydrogen-bond donors (Lipinski definition) is 1. The molecule has 0 radical (unpaired) electrons. The van der Waals surface area contributed by atoms with Crippen molar-refractivity contribution in [3.8, 4) is 0 Å². The van der Waals surface area contributed by atoms with Gasteiger partial charge in [0.05, 0.1) is 11.9 Å². The van der Waals surface area contributed by atoms with Crippen LogP contribution in [0.15, 0.2) is 54.6 Å². The van der Waals surface area contributed by atoms with E-state index in [9.17, 15) is 18.0 Å². The van der Waals surface area contributed by atoms with Gasteiger partial charge in [0.15, 0.2) is 0 Å². The van der Waals surface area contributed by atoms with Crippen LogP contribution in [0.3, 0.4) is 0 Å². The van der Waals surface area contributed by atoms with Crippen LogP contribution in [0.4, 0.5) is 5.69 Å². The van der Waals surface area contributed by atoms with Crippen LogP contribution in [-0.4, -0.2) is 50.0 Å². The topological polar surface area (TPSA) is 86.8 Å². The standard InChI is InChI=1S/C27H37N3O4S/c1-4-25(27(32)28-23-13-9-6-10-14-23)29(19-22-11-7-5-8-12-22)26(31)20-30(35(3,33)34)24-17-15-21(2)16-18-24/h5,7-8,11-12,15-18,23,25H,4,6,9-10,13-14,19-20H2,1-3H3,(H,28,32)/t25-/m1/s1. The second-order valence-electron chi connectivity index (χ2n) is 9.38. The molecule has 1 fully saturated rings. The first-order valence-electron chi connectivity index (χ1n) is 12.4. The summed E-state index contributed by atoms with van der Waals surface area (Å²) in [5, 5.41) is 3.15. The Morgan fingerprint density at radius 2 is 1.63 bits per heavy atom. The number of nitrogens with one attached hydrogen (secondary N) is 1. The third-order valence-corrected chi connectivity index (χ3v) is 7.67. The van der Waals surface area contributed by atoms with E-state index in [0.29, 0.717) is 12.1 Å². The van der Waals surface area contributed by atoms with E-state index in [1.54, 1.807) is 12.1 Å². The maximum atomic E-state index is 13.7. The number of amides is 2. The lowest BCUT2D eigenvalue weighted by Crippen LogP contribution is -2.53. The highest BCUT2D eigenvalue weighted by atomic mass is 32.2. The molecule has 1 atom stereocenters. The summed E-state index contributed by atoms with van der Waals surface area (Å²) in [6.45, 7) is 3.65. The minimum atomic E-state index is -3.72. The van der Waals surface area contributed by atoms with Crippen LogP contribution in [0.2, 0.25) is 0 Å². The van der Waals surface area contributed by atoms with Gasteiger partial charge in [0, 0.05) is 12.6 Å². The molecule has 3 rings (SSSR count). The Balaban J connectivity index is 1.88. The number of aryl methyl sites for hydroxylation is 1. The molecule has 8 heteroatoms. The molecule has 2 aromatic carbocycles. The first-order chi connectivity index (χ1) is 16.7. The molecule has 1 saturated carbocycles. The summed E-state index contributed by atoms with van der Waals surface area (Å²) in [6, 6.07) is 15.9. The molecule has 2 amide bonds. The van der Waals surface area contributed by atoms with Crippen molar-refractivity contribution in [2.24, 2.45) is 0 Å². The number of nitrogens with zero attached hydrogens (tertiary/aromatic N) is 2. The monoisotopic (exact) mass is 499 g/mol. The molecule has 7 nitrogen and oxygen atoms in total. The molecule has 1 aliphatic rings. The lowest BCUT2D eigenvalue weighted by molar-refractivity contribution is -0.140. The molecule has 0 spiro atoms. The van der Waals surface area contributed by atoms with Crippen molar-refractivity contribution >= 4 is 27.5 Å². The van der Waals surface area contributed by atoms with Crippen LogP contribution < -0.4 is 9.62 Å². The van der Waals surface area contributed by atoms with Gasteiger partial charge in [0.2, 0.25) is 21.8 Å². The highest BCUT2D eigenvalue weighted by Crippen LogP contribution is 2.21. The summed E-state index contributed by atoms with van der Waals surface area (Å²) in [5.41, 5.74) is 2.29. The SMILES string of the molecule is CC[C@H](C(=O)NC1CCCCC1)N(Cc1ccccc1)C(=O)CN(c1ccc(C)cc1)S(C)(=O)=O. The lowest BCUT2D eigenvalue weighted by atomic mass is 9.95. The second kappa shape index (κ2) is 12.2. The van der Waals surface area contributed by atoms with Gasteiger partial charge < -0.3 is 10.2 Å². The Hall–Kier alpha value is -2.87. The van der Waals surface area contributed by atoms with Crippen molar-refractivity contribution in [1.82, 2.24) is 10.2 Å². The summed E-state index contributed by atoms with van der Waals surface area (Å²) >= 11 is 0. The zero-order valence-corrected chi connectivity index (χ0v) is 21.8. The zero-order valence-electron chi connectivity index (χ0n) is 20.9. The average Bonchev–Trinajstić information content (AvgIpc) is 2.83. The second-order valence-corrected chi connectivity index (χ2v) is 11.3. The van der Waals surface area contributed by atoms with Crippen LogP contribution in [0, 0.1) is 6.92 Å². The number of carbonyl (C=O) groups excluding carboxylic acids is 2. The molecular weight excluding hydrogens is 462 g/mol. The molecular formula is C27H37N3O4S. The molecule has 1 aliphatic carbocycles. The van der Waals surface area contributed by atoms with Crippen LogP contribution in [0.1, 0.15) is 56.6 Å². The number of hydrogen-bond acceptors (Lipinski definition) is 4. The minimum Gasteiger partial charge on any atom is -0.352 e. The van der Waals surface area contributed by atoms with Gasteiger partial charge >= 0.3 is 0 Å². The minimum absolute atomic E-state index is 0.124. The van der Waals surface area contributed by atoms with Gasteiger partial charge in [-0.2, -0.15) is 0 Å². The Bertz CT molecular complexity index is 1080. The molecule has 0 aromatic heterocycles. The molecule has 35 heavy (non-hydrogen) atoms. The fourth-order valence-corrected chi connectivity index (χ4v) is 5.42. The number of sulfonamides is 1. The third kappa shape index (κ3) is 7.56. The maximum Gasteiger partial charge on any atom is 0.244 e. The number of benzene rings is 2. The maximum absolute atomic E-state index is 13.7. The van der Waals surface area contributed by atoms with E-state index in [1.807, 2.05) is 56.3 Å². The summed E-state index contributed by atoms with van der Waals surface area (Å²) in [4.78, 5) is 28.5. The van der Waals surface area contributed by atoms with E-state index < -0.39 is 22.0 Å². The summed E-state index contributed by atoms with van der Waals surface area (Å²) in [6.07, 6.45) is 6.79. The summed E-state index contributed by atoms with van der Waals surface area (Å²) < 4.78 is 26.4. The van der Waals surface area contributed by atoms with Crippen molar-refractivity contribution in [3.05, 3.63) is 65.7 Å². The van der Waals surface area contributed by atoms with Gasteiger partial charge in [-0.1, -0.05) is 74.2 Å². The average molecular weight is 500 g/mol. The number of anilines is 1. The van der Waals surface area contributed by atoms with E-state index in [1.165, 1.54) is 11.3 Å². The molecule has 0 unspecified atom stereocenters. The van der Waals surface area contributed by atoms with Gasteiger partial charge in [-0.15, -0.1) is 0 Å². The van der Waals surface area contributed by atoms with Crippen LogP contribution in [0.25, 0.3) is 0 Å². The van der Waals surface area contributed by atoms with Crippen molar-refractivity contribution in [1.29, 1.82) is 0 Å². The quantitative estimate of drug-likeness (QED) is 0.535. The third-order valence-electron chi connectivity index (χ3n) is 6.53. The number of rotatable bonds is 10. The van der Waals surface area contributed by atoms with Gasteiger partial charge in [0.25, 0.3) is 0 Å². The number of carbonyl (C=O) groups is 2. The first-order valence-corrected chi connectivity index (χ1v) is 14.2. The molecule has 1 N–H and O–H groups in total. The predicted molar refractivity (Wildman–Crippen MR) is 139 cm³/mol. The zero-order chi connectivity index (χ0) is 25.4. The molecule has 0 saturated heterocycles. The smallest absolute Gasteiger partial charge is 0.244 e. The summed E-state index contributed by atoms with van der Waals surface area (Å²) in [5.74, 6) is -0.588. The first kappa shape index (κ1) is 26.7. The predicted octanol–water partition coefficient (Wildman–Crippen LogP) is 4.02. The normalized spacial score (nSPS) is 15.3. The van der Waals surface area contributed by atoms with Gasteiger partial charge in [-0.3, -0.25) is 13.9 Å². The van der Waals surface area contributed by atoms with Crippen LogP contribution >= 0.6 is 0 Å². The Morgan fingerprint density at radius 1 is 1.00 bits per heavy atom. The largest absolute Gasteiger partial charge is 0.352 e. The van der Waals surface area contributed by atoms with Crippen molar-refractivity contribution in [3.63, 3.8) is 0 Å². The molecule has 0 bridgehead atoms. The molecule has 0 aliphatic heterocycles. The summed E-state index contributed by atoms with van der Waals surface area (Å²) in [7, 11) is -3.72. The Morgan fingerprint density at radius 3 is 2.20 bits per heavy atom. The van der Waals surface area contributed by atoms with Crippen molar-refractivity contribution < 1.29 is 18.0 Å². The highest BCUT2D eigenvalue weighted by molar-refractivity contribution is 7.92. The molecule has 2 aromatic rings. The lowest BCUT2D eigenvalue weighted by Gasteiger charge is -2.34. The fourth-order valence-electron chi connectivity index (χ4n) is 4.57. The van der Waals surface area contributed by atoms with E-state index in [0.717, 1.165) is 47.4 Å². The van der Waals surface area contributed by atoms with Gasteiger partial charge in [-0.25, -0.2) is 8.42 Å². The van der Waals surface area contributed by atoms with E-state index in [-0.39, 0.29) is 25.0 Å².